The number of hydrogen-bond donors (Lipinski definition) is 2. The predicted octanol–water partition coefficient (Wildman–Crippen LogP) is 4.14. The molecule has 0 bridgehead atoms. The van der Waals surface area contributed by atoms with E-state index in [2.05, 4.69) is 39.2 Å². The molecule has 0 unspecified atom stereocenters. The second-order valence-electron chi connectivity index (χ2n) is 7.37. The number of hydrogen-bond acceptors (Lipinski definition) is 3. The van der Waals surface area contributed by atoms with Crippen molar-refractivity contribution in [1.82, 2.24) is 15.0 Å². The molecule has 144 valence electrons. The smallest absolute Gasteiger partial charge is 0.311 e. The van der Waals surface area contributed by atoms with Gasteiger partial charge in [0.05, 0.1) is 10.7 Å². The fourth-order valence-electron chi connectivity index (χ4n) is 4.21. The van der Waals surface area contributed by atoms with Gasteiger partial charge in [-0.3, -0.25) is 14.8 Å². The van der Waals surface area contributed by atoms with Gasteiger partial charge in [0.15, 0.2) is 0 Å². The SMILES string of the molecule is O=c1[nH]c(=O)c(Cc2ncccc2Cl)c([C@H]2CC[C@H](c3ccccc3)CC2)[nH]1. The standard InChI is InChI=1S/C22H22ClN3O2/c23-18-7-4-12-24-19(18)13-17-20(25-22(28)26-21(17)27)16-10-8-15(9-11-16)14-5-2-1-3-6-14/h1-7,12,15-16H,8-11,13H2,(H2,25,26,27,28)/t15-,16-. The summed E-state index contributed by atoms with van der Waals surface area (Å²) >= 11 is 6.24. The minimum atomic E-state index is -0.457. The van der Waals surface area contributed by atoms with Gasteiger partial charge in [0, 0.05) is 23.9 Å². The van der Waals surface area contributed by atoms with Gasteiger partial charge in [-0.2, -0.15) is 0 Å². The molecule has 2 N–H and O–H groups in total. The molecule has 3 aromatic rings. The normalized spacial score (nSPS) is 19.5. The summed E-state index contributed by atoms with van der Waals surface area (Å²) in [6, 6.07) is 14.0. The van der Waals surface area contributed by atoms with Crippen molar-refractivity contribution in [2.45, 2.75) is 43.9 Å². The van der Waals surface area contributed by atoms with Crippen LogP contribution in [0.1, 0.15) is 60.0 Å². The highest BCUT2D eigenvalue weighted by molar-refractivity contribution is 6.31. The molecule has 4 rings (SSSR count). The maximum atomic E-state index is 12.6. The molecule has 1 aliphatic rings. The monoisotopic (exact) mass is 395 g/mol. The van der Waals surface area contributed by atoms with Crippen LogP contribution in [-0.4, -0.2) is 15.0 Å². The van der Waals surface area contributed by atoms with E-state index >= 15 is 0 Å². The van der Waals surface area contributed by atoms with E-state index in [1.54, 1.807) is 18.3 Å². The van der Waals surface area contributed by atoms with Crippen LogP contribution in [0.2, 0.25) is 5.02 Å². The van der Waals surface area contributed by atoms with Crippen LogP contribution in [0.15, 0.2) is 58.3 Å². The van der Waals surface area contributed by atoms with Crippen LogP contribution < -0.4 is 11.2 Å². The fraction of sp³-hybridized carbons (Fsp3) is 0.318. The Hall–Kier alpha value is -2.66. The van der Waals surface area contributed by atoms with Gasteiger partial charge in [0.2, 0.25) is 0 Å². The van der Waals surface area contributed by atoms with Crippen LogP contribution in [0.5, 0.6) is 0 Å². The molecule has 0 aliphatic heterocycles. The van der Waals surface area contributed by atoms with Gasteiger partial charge in [-0.25, -0.2) is 4.79 Å². The average Bonchev–Trinajstić information content (AvgIpc) is 2.72. The molecular weight excluding hydrogens is 374 g/mol. The summed E-state index contributed by atoms with van der Waals surface area (Å²) in [4.78, 5) is 34.1. The van der Waals surface area contributed by atoms with Crippen molar-refractivity contribution in [3.8, 4) is 0 Å². The van der Waals surface area contributed by atoms with E-state index in [4.69, 9.17) is 11.6 Å². The minimum absolute atomic E-state index is 0.160. The van der Waals surface area contributed by atoms with Gasteiger partial charge in [0.1, 0.15) is 0 Å². The molecule has 2 heterocycles. The van der Waals surface area contributed by atoms with Crippen molar-refractivity contribution in [2.75, 3.05) is 0 Å². The van der Waals surface area contributed by atoms with Crippen molar-refractivity contribution in [2.24, 2.45) is 0 Å². The number of nitrogens with zero attached hydrogens (tertiary/aromatic N) is 1. The zero-order valence-electron chi connectivity index (χ0n) is 15.5. The van der Waals surface area contributed by atoms with Crippen molar-refractivity contribution in [3.63, 3.8) is 0 Å². The van der Waals surface area contributed by atoms with Crippen LogP contribution in [0.3, 0.4) is 0 Å². The van der Waals surface area contributed by atoms with Crippen LogP contribution >= 0.6 is 11.6 Å². The maximum absolute atomic E-state index is 12.6. The lowest BCUT2D eigenvalue weighted by Crippen LogP contribution is -2.30. The van der Waals surface area contributed by atoms with E-state index in [1.165, 1.54) is 5.56 Å². The molecule has 2 aromatic heterocycles. The quantitative estimate of drug-likeness (QED) is 0.696. The van der Waals surface area contributed by atoms with E-state index in [0.29, 0.717) is 28.6 Å². The molecular formula is C22H22ClN3O2. The summed E-state index contributed by atoms with van der Waals surface area (Å²) in [5.74, 6) is 0.687. The largest absolute Gasteiger partial charge is 0.325 e. The number of benzene rings is 1. The lowest BCUT2D eigenvalue weighted by Gasteiger charge is -2.29. The molecule has 1 fully saturated rings. The highest BCUT2D eigenvalue weighted by Crippen LogP contribution is 2.40. The average molecular weight is 396 g/mol. The van der Waals surface area contributed by atoms with Crippen molar-refractivity contribution >= 4 is 11.6 Å². The minimum Gasteiger partial charge on any atom is -0.311 e. The second-order valence-corrected chi connectivity index (χ2v) is 7.78. The molecule has 1 aromatic carbocycles. The van der Waals surface area contributed by atoms with Crippen LogP contribution in [-0.2, 0) is 6.42 Å². The van der Waals surface area contributed by atoms with Crippen LogP contribution in [0.25, 0.3) is 0 Å². The highest BCUT2D eigenvalue weighted by Gasteiger charge is 2.27. The number of halogens is 1. The lowest BCUT2D eigenvalue weighted by molar-refractivity contribution is 0.388. The van der Waals surface area contributed by atoms with Gasteiger partial charge in [-0.15, -0.1) is 0 Å². The summed E-state index contributed by atoms with van der Waals surface area (Å²) in [6.07, 6.45) is 5.90. The van der Waals surface area contributed by atoms with E-state index < -0.39 is 5.69 Å². The zero-order valence-corrected chi connectivity index (χ0v) is 16.2. The third-order valence-corrected chi connectivity index (χ3v) is 6.00. The van der Waals surface area contributed by atoms with Crippen molar-refractivity contribution in [1.29, 1.82) is 0 Å². The van der Waals surface area contributed by atoms with Gasteiger partial charge in [-0.05, 0) is 55.2 Å². The van der Waals surface area contributed by atoms with E-state index in [-0.39, 0.29) is 11.5 Å². The molecule has 6 heteroatoms. The van der Waals surface area contributed by atoms with E-state index in [0.717, 1.165) is 31.4 Å². The summed E-state index contributed by atoms with van der Waals surface area (Å²) in [5.41, 5.74) is 2.49. The number of nitrogens with one attached hydrogen (secondary N) is 2. The second kappa shape index (κ2) is 8.15. The first kappa shape index (κ1) is 18.7. The number of pyridine rings is 1. The molecule has 1 saturated carbocycles. The van der Waals surface area contributed by atoms with Gasteiger partial charge < -0.3 is 4.98 Å². The topological polar surface area (TPSA) is 78.6 Å². The number of H-pyrrole nitrogens is 2. The fourth-order valence-corrected chi connectivity index (χ4v) is 4.40. The summed E-state index contributed by atoms with van der Waals surface area (Å²) in [7, 11) is 0. The Morgan fingerprint density at radius 1 is 0.929 bits per heavy atom. The first-order chi connectivity index (χ1) is 13.6. The molecule has 1 aliphatic carbocycles. The Morgan fingerprint density at radius 2 is 1.64 bits per heavy atom. The Morgan fingerprint density at radius 3 is 2.36 bits per heavy atom. The Balaban J connectivity index is 1.60. The highest BCUT2D eigenvalue weighted by atomic mass is 35.5. The number of rotatable bonds is 4. The summed E-state index contributed by atoms with van der Waals surface area (Å²) in [6.45, 7) is 0. The Labute approximate surface area is 167 Å². The number of aromatic nitrogens is 3. The number of aromatic amines is 2. The molecule has 0 radical (unpaired) electrons. The molecule has 5 nitrogen and oxygen atoms in total. The molecule has 0 atom stereocenters. The summed E-state index contributed by atoms with van der Waals surface area (Å²) < 4.78 is 0. The van der Waals surface area contributed by atoms with Gasteiger partial charge in [0.25, 0.3) is 5.56 Å². The summed E-state index contributed by atoms with van der Waals surface area (Å²) in [5, 5.41) is 0.520. The first-order valence-electron chi connectivity index (χ1n) is 9.61. The molecule has 28 heavy (non-hydrogen) atoms. The van der Waals surface area contributed by atoms with Gasteiger partial charge >= 0.3 is 5.69 Å². The predicted molar refractivity (Wildman–Crippen MR) is 110 cm³/mol. The van der Waals surface area contributed by atoms with E-state index in [1.807, 2.05) is 6.07 Å². The lowest BCUT2D eigenvalue weighted by atomic mass is 9.76. The van der Waals surface area contributed by atoms with Crippen molar-refractivity contribution < 1.29 is 0 Å². The Bertz CT molecular complexity index is 1070. The zero-order chi connectivity index (χ0) is 19.5. The molecule has 0 spiro atoms. The van der Waals surface area contributed by atoms with Crippen molar-refractivity contribution in [3.05, 3.63) is 97.0 Å². The van der Waals surface area contributed by atoms with Crippen LogP contribution in [0, 0.1) is 0 Å². The van der Waals surface area contributed by atoms with Gasteiger partial charge in [-0.1, -0.05) is 41.9 Å². The third-order valence-electron chi connectivity index (χ3n) is 5.66. The third kappa shape index (κ3) is 3.94. The Kier molecular flexibility index (Phi) is 5.44. The van der Waals surface area contributed by atoms with Crippen LogP contribution in [0.4, 0.5) is 0 Å². The van der Waals surface area contributed by atoms with E-state index in [9.17, 15) is 9.59 Å². The molecule has 0 amide bonds. The maximum Gasteiger partial charge on any atom is 0.325 e. The molecule has 0 saturated heterocycles. The first-order valence-corrected chi connectivity index (χ1v) is 9.99.